The van der Waals surface area contributed by atoms with Gasteiger partial charge >= 0.3 is 0 Å². The van der Waals surface area contributed by atoms with E-state index in [0.717, 1.165) is 24.3 Å². The van der Waals surface area contributed by atoms with Crippen LogP contribution in [0, 0.1) is 13.8 Å². The third kappa shape index (κ3) is 16.5. The number of aryl methyl sites for hydroxylation is 2. The first-order valence-corrected chi connectivity index (χ1v) is 17.5. The van der Waals surface area contributed by atoms with Gasteiger partial charge in [-0.3, -0.25) is 0 Å². The molecule has 256 valence electrons. The van der Waals surface area contributed by atoms with Gasteiger partial charge in [-0.2, -0.15) is 0 Å². The van der Waals surface area contributed by atoms with Crippen LogP contribution < -0.4 is 9.47 Å². The Hall–Kier alpha value is -3.78. The van der Waals surface area contributed by atoms with E-state index >= 15 is 0 Å². The van der Waals surface area contributed by atoms with Crippen LogP contribution in [0.15, 0.2) is 119 Å². The molecule has 0 bridgehead atoms. The Bertz CT molecular complexity index is 1190. The molecule has 5 rings (SSSR count). The molecule has 0 unspecified atom stereocenters. The second kappa shape index (κ2) is 31.2. The number of hydrogen-bond donors (Lipinski definition) is 0. The monoisotopic (exact) mass is 629 g/mol. The highest BCUT2D eigenvalue weighted by molar-refractivity contribution is 5.70. The minimum Gasteiger partial charge on any atom is -0.493 e. The minimum atomic E-state index is 0.769. The van der Waals surface area contributed by atoms with Crippen molar-refractivity contribution in [3.63, 3.8) is 0 Å². The second-order valence-corrected chi connectivity index (χ2v) is 9.09. The van der Waals surface area contributed by atoms with Gasteiger partial charge in [0.15, 0.2) is 11.5 Å². The molecule has 0 amide bonds. The second-order valence-electron chi connectivity index (χ2n) is 9.09. The van der Waals surface area contributed by atoms with Crippen molar-refractivity contribution in [2.24, 2.45) is 0 Å². The lowest BCUT2D eigenvalue weighted by Gasteiger charge is -2.08. The quantitative estimate of drug-likeness (QED) is 0.286. The third-order valence-electron chi connectivity index (χ3n) is 6.50. The molecule has 0 aromatic heterocycles. The molecule has 0 fully saturated rings. The maximum Gasteiger partial charge on any atom is 0.160 e. The van der Waals surface area contributed by atoms with Crippen LogP contribution in [0.25, 0.3) is 11.1 Å². The molecule has 2 aliphatic rings. The Morgan fingerprint density at radius 3 is 0.935 bits per heavy atom. The van der Waals surface area contributed by atoms with Crippen LogP contribution in [0.4, 0.5) is 0 Å². The number of methoxy groups -OCH3 is 2. The number of rotatable bonds is 4. The highest BCUT2D eigenvalue weighted by Crippen LogP contribution is 2.32. The first-order chi connectivity index (χ1) is 22.5. The lowest BCUT2D eigenvalue weighted by atomic mass is 9.97. The van der Waals surface area contributed by atoms with E-state index in [4.69, 9.17) is 9.47 Å². The highest BCUT2D eigenvalue weighted by Gasteiger charge is 2.12. The average molecular weight is 629 g/mol. The van der Waals surface area contributed by atoms with E-state index in [1.165, 1.54) is 44.5 Å². The summed E-state index contributed by atoms with van der Waals surface area (Å²) >= 11 is 0. The smallest absolute Gasteiger partial charge is 0.160 e. The van der Waals surface area contributed by atoms with Crippen LogP contribution in [-0.2, 0) is 0 Å². The molecule has 0 radical (unpaired) electrons. The van der Waals surface area contributed by atoms with Gasteiger partial charge in [-0.25, -0.2) is 0 Å². The van der Waals surface area contributed by atoms with Gasteiger partial charge in [0.05, 0.1) is 14.2 Å². The summed E-state index contributed by atoms with van der Waals surface area (Å²) in [6.45, 7) is 28.8. The fourth-order valence-corrected chi connectivity index (χ4v) is 4.39. The summed E-state index contributed by atoms with van der Waals surface area (Å²) in [5.74, 6) is 1.54. The van der Waals surface area contributed by atoms with Gasteiger partial charge in [0, 0.05) is 0 Å². The predicted molar refractivity (Wildman–Crippen MR) is 211 cm³/mol. The zero-order valence-corrected chi connectivity index (χ0v) is 32.5. The standard InChI is InChI=1S/C14H14.C12H14.C8H10O2.5C2H6/c1-11-7-3-5-9-13(11)14-10-6-4-8-12(14)2;1-9-5-3-7-11(9)12-8-4-6-10(12)2;1-9-7-5-3-4-6-8(7)10-2;5*1-2/h3-10H,1-2H3;3-4,7-8H,5-6H2,1-2H3;3-6H,1-2H3;5*1-2H3. The van der Waals surface area contributed by atoms with Crippen molar-refractivity contribution in [1.82, 2.24) is 0 Å². The lowest BCUT2D eigenvalue weighted by molar-refractivity contribution is 0.355. The summed E-state index contributed by atoms with van der Waals surface area (Å²) < 4.78 is 10.0. The van der Waals surface area contributed by atoms with E-state index in [1.807, 2.05) is 93.5 Å². The molecule has 0 heterocycles. The molecule has 0 N–H and O–H groups in total. The van der Waals surface area contributed by atoms with Crippen LogP contribution in [0.5, 0.6) is 11.5 Å². The molecule has 3 aromatic rings. The van der Waals surface area contributed by atoms with Gasteiger partial charge in [-0.15, -0.1) is 0 Å². The molecular weight excluding hydrogens is 560 g/mol. The largest absolute Gasteiger partial charge is 0.493 e. The Labute approximate surface area is 286 Å². The molecule has 0 aliphatic heterocycles. The number of hydrogen-bond acceptors (Lipinski definition) is 2. The zero-order chi connectivity index (χ0) is 35.9. The van der Waals surface area contributed by atoms with E-state index in [0.29, 0.717) is 0 Å². The number of benzene rings is 3. The van der Waals surface area contributed by atoms with Crippen molar-refractivity contribution in [3.05, 3.63) is 131 Å². The van der Waals surface area contributed by atoms with E-state index in [2.05, 4.69) is 101 Å². The van der Waals surface area contributed by atoms with Gasteiger partial charge in [0.1, 0.15) is 0 Å². The number of ether oxygens (including phenoxy) is 2. The molecule has 2 heteroatoms. The van der Waals surface area contributed by atoms with Crippen LogP contribution in [-0.4, -0.2) is 14.2 Å². The molecule has 3 aromatic carbocycles. The molecule has 2 nitrogen and oxygen atoms in total. The first-order valence-electron chi connectivity index (χ1n) is 17.5. The van der Waals surface area contributed by atoms with Crippen molar-refractivity contribution < 1.29 is 9.47 Å². The third-order valence-corrected chi connectivity index (χ3v) is 6.50. The SMILES string of the molecule is CC.CC.CC.CC.CC.CC1=C(C2=C(C)CC=C2)C=CC1.COc1ccccc1OC.Cc1ccccc1-c1ccccc1C. The summed E-state index contributed by atoms with van der Waals surface area (Å²) in [6, 6.07) is 24.5. The van der Waals surface area contributed by atoms with Crippen LogP contribution in [0.3, 0.4) is 0 Å². The van der Waals surface area contributed by atoms with E-state index < -0.39 is 0 Å². The van der Waals surface area contributed by atoms with Crippen LogP contribution in [0.1, 0.15) is 107 Å². The molecule has 0 saturated heterocycles. The van der Waals surface area contributed by atoms with Gasteiger partial charge in [-0.05, 0) is 86.1 Å². The molecule has 0 saturated carbocycles. The van der Waals surface area contributed by atoms with E-state index in [9.17, 15) is 0 Å². The zero-order valence-electron chi connectivity index (χ0n) is 32.5. The van der Waals surface area contributed by atoms with Gasteiger partial charge in [0.25, 0.3) is 0 Å². The maximum atomic E-state index is 5.01. The van der Waals surface area contributed by atoms with Crippen molar-refractivity contribution >= 4 is 0 Å². The molecule has 0 atom stereocenters. The summed E-state index contributed by atoms with van der Waals surface area (Å²) in [7, 11) is 3.25. The van der Waals surface area contributed by atoms with Crippen molar-refractivity contribution in [2.45, 2.75) is 110 Å². The van der Waals surface area contributed by atoms with Crippen molar-refractivity contribution in [3.8, 4) is 22.6 Å². The molecule has 46 heavy (non-hydrogen) atoms. The fraction of sp³-hybridized carbons (Fsp3) is 0.409. The van der Waals surface area contributed by atoms with Crippen molar-refractivity contribution in [1.29, 1.82) is 0 Å². The molecule has 2 aliphatic carbocycles. The summed E-state index contributed by atoms with van der Waals surface area (Å²) in [6.07, 6.45) is 11.3. The lowest BCUT2D eigenvalue weighted by Crippen LogP contribution is -1.88. The summed E-state index contributed by atoms with van der Waals surface area (Å²) in [4.78, 5) is 0. The Kier molecular flexibility index (Phi) is 31.6. The van der Waals surface area contributed by atoms with E-state index in [-0.39, 0.29) is 0 Å². The van der Waals surface area contributed by atoms with E-state index in [1.54, 1.807) is 14.2 Å². The van der Waals surface area contributed by atoms with Crippen molar-refractivity contribution in [2.75, 3.05) is 14.2 Å². The first kappa shape index (κ1) is 46.6. The normalized spacial score (nSPS) is 11.4. The Morgan fingerprint density at radius 1 is 0.413 bits per heavy atom. The Morgan fingerprint density at radius 2 is 0.696 bits per heavy atom. The van der Waals surface area contributed by atoms with Crippen LogP contribution >= 0.6 is 0 Å². The average Bonchev–Trinajstić information content (AvgIpc) is 3.77. The Balaban J connectivity index is -0.000000534. The molecule has 0 spiro atoms. The van der Waals surface area contributed by atoms with Gasteiger partial charge < -0.3 is 9.47 Å². The fourth-order valence-electron chi connectivity index (χ4n) is 4.39. The predicted octanol–water partition coefficient (Wildman–Crippen LogP) is 14.3. The highest BCUT2D eigenvalue weighted by atomic mass is 16.5. The molecular formula is C44H68O2. The van der Waals surface area contributed by atoms with Gasteiger partial charge in [-0.1, -0.05) is 165 Å². The minimum absolute atomic E-state index is 0.769. The van der Waals surface area contributed by atoms with Crippen LogP contribution in [0.2, 0.25) is 0 Å². The van der Waals surface area contributed by atoms with Gasteiger partial charge in [0.2, 0.25) is 0 Å². The summed E-state index contributed by atoms with van der Waals surface area (Å²) in [5.41, 5.74) is 11.3. The number of para-hydroxylation sites is 2. The maximum absolute atomic E-state index is 5.01. The topological polar surface area (TPSA) is 18.5 Å². The number of allylic oxidation sites excluding steroid dienone is 8. The summed E-state index contributed by atoms with van der Waals surface area (Å²) in [5, 5.41) is 0.